The highest BCUT2D eigenvalue weighted by molar-refractivity contribution is 5.85. The van der Waals surface area contributed by atoms with Gasteiger partial charge in [0.1, 0.15) is 11.4 Å². The molecule has 5 N–H and O–H groups in total. The first kappa shape index (κ1) is 18.5. The van der Waals surface area contributed by atoms with Gasteiger partial charge in [-0.05, 0) is 52.5 Å². The van der Waals surface area contributed by atoms with Crippen molar-refractivity contribution in [1.82, 2.24) is 0 Å². The van der Waals surface area contributed by atoms with Gasteiger partial charge < -0.3 is 20.7 Å². The molecule has 24 heavy (non-hydrogen) atoms. The second-order valence-electron chi connectivity index (χ2n) is 7.57. The van der Waals surface area contributed by atoms with Crippen molar-refractivity contribution in [3.05, 3.63) is 23.8 Å². The van der Waals surface area contributed by atoms with Crippen LogP contribution in [0.2, 0.25) is 0 Å². The minimum Gasteiger partial charge on any atom is -0.508 e. The monoisotopic (exact) mass is 336 g/mol. The summed E-state index contributed by atoms with van der Waals surface area (Å²) in [7, 11) is 0. The van der Waals surface area contributed by atoms with Gasteiger partial charge in [0.05, 0.1) is 6.10 Å². The van der Waals surface area contributed by atoms with Gasteiger partial charge in [-0.25, -0.2) is 4.79 Å². The third kappa shape index (κ3) is 4.39. The molecule has 6 nitrogen and oxygen atoms in total. The van der Waals surface area contributed by atoms with Crippen LogP contribution in [0, 0.1) is 0 Å². The van der Waals surface area contributed by atoms with E-state index in [1.807, 2.05) is 0 Å². The van der Waals surface area contributed by atoms with E-state index in [0.29, 0.717) is 25.1 Å². The van der Waals surface area contributed by atoms with E-state index in [4.69, 9.17) is 10.5 Å². The van der Waals surface area contributed by atoms with E-state index >= 15 is 0 Å². The third-order valence-electron chi connectivity index (χ3n) is 4.52. The number of benzene rings is 1. The summed E-state index contributed by atoms with van der Waals surface area (Å²) in [6.45, 7) is 5.77. The molecule has 0 heterocycles. The van der Waals surface area contributed by atoms with Gasteiger partial charge in [-0.3, -0.25) is 5.32 Å². The Morgan fingerprint density at radius 1 is 1.38 bits per heavy atom. The number of anilines is 1. The molecule has 0 unspecified atom stereocenters. The van der Waals surface area contributed by atoms with Crippen molar-refractivity contribution in [1.29, 1.82) is 0 Å². The SMILES string of the molecule is CC(C)(C)OC(=O)Nc1ccc(C2(CN)CCC(O)CC2)c(O)c1. The zero-order valence-electron chi connectivity index (χ0n) is 14.6. The summed E-state index contributed by atoms with van der Waals surface area (Å²) in [5.74, 6) is 0.102. The number of phenols is 1. The summed E-state index contributed by atoms with van der Waals surface area (Å²) in [5, 5.41) is 22.8. The van der Waals surface area contributed by atoms with E-state index in [1.54, 1.807) is 32.9 Å². The van der Waals surface area contributed by atoms with Gasteiger partial charge in [-0.2, -0.15) is 0 Å². The smallest absolute Gasteiger partial charge is 0.412 e. The van der Waals surface area contributed by atoms with E-state index in [1.165, 1.54) is 6.07 Å². The topological polar surface area (TPSA) is 105 Å². The lowest BCUT2D eigenvalue weighted by Gasteiger charge is -2.39. The maximum absolute atomic E-state index is 11.8. The number of aromatic hydroxyl groups is 1. The van der Waals surface area contributed by atoms with Gasteiger partial charge in [0.15, 0.2) is 0 Å². The molecule has 0 spiro atoms. The number of aliphatic hydroxyl groups is 1. The zero-order valence-corrected chi connectivity index (χ0v) is 14.6. The number of nitrogens with one attached hydrogen (secondary N) is 1. The number of hydrogen-bond donors (Lipinski definition) is 4. The Kier molecular flexibility index (Phi) is 5.40. The van der Waals surface area contributed by atoms with Crippen LogP contribution in [0.1, 0.15) is 52.0 Å². The van der Waals surface area contributed by atoms with Gasteiger partial charge in [0.25, 0.3) is 0 Å². The first-order valence-corrected chi connectivity index (χ1v) is 8.37. The maximum atomic E-state index is 11.8. The number of hydrogen-bond acceptors (Lipinski definition) is 5. The van der Waals surface area contributed by atoms with E-state index in [9.17, 15) is 15.0 Å². The fraction of sp³-hybridized carbons (Fsp3) is 0.611. The molecular formula is C18H28N2O4. The van der Waals surface area contributed by atoms with Crippen LogP contribution in [0.15, 0.2) is 18.2 Å². The average molecular weight is 336 g/mol. The van der Waals surface area contributed by atoms with Crippen LogP contribution >= 0.6 is 0 Å². The van der Waals surface area contributed by atoms with Crippen molar-refractivity contribution in [2.75, 3.05) is 11.9 Å². The van der Waals surface area contributed by atoms with Crippen LogP contribution in [0.25, 0.3) is 0 Å². The number of amides is 1. The molecule has 1 aliphatic rings. The highest BCUT2D eigenvalue weighted by atomic mass is 16.6. The first-order valence-electron chi connectivity index (χ1n) is 8.37. The molecule has 2 rings (SSSR count). The molecule has 0 bridgehead atoms. The fourth-order valence-corrected chi connectivity index (χ4v) is 3.22. The van der Waals surface area contributed by atoms with Gasteiger partial charge >= 0.3 is 6.09 Å². The Balaban J connectivity index is 2.16. The van der Waals surface area contributed by atoms with Crippen molar-refractivity contribution in [3.63, 3.8) is 0 Å². The molecule has 0 radical (unpaired) electrons. The van der Waals surface area contributed by atoms with Crippen molar-refractivity contribution in [2.24, 2.45) is 5.73 Å². The number of rotatable bonds is 3. The molecule has 0 atom stereocenters. The van der Waals surface area contributed by atoms with Crippen LogP contribution in [-0.2, 0) is 10.2 Å². The van der Waals surface area contributed by atoms with E-state index in [-0.39, 0.29) is 17.3 Å². The molecule has 1 amide bonds. The lowest BCUT2D eigenvalue weighted by Crippen LogP contribution is -2.40. The molecule has 0 aliphatic heterocycles. The molecule has 0 aromatic heterocycles. The molecular weight excluding hydrogens is 308 g/mol. The summed E-state index contributed by atoms with van der Waals surface area (Å²) in [6, 6.07) is 5.05. The van der Waals surface area contributed by atoms with Crippen molar-refractivity contribution in [2.45, 2.75) is 63.6 Å². The molecule has 0 saturated heterocycles. The summed E-state index contributed by atoms with van der Waals surface area (Å²) in [5.41, 5.74) is 6.32. The third-order valence-corrected chi connectivity index (χ3v) is 4.52. The maximum Gasteiger partial charge on any atom is 0.412 e. The number of nitrogens with two attached hydrogens (primary N) is 1. The minimum absolute atomic E-state index is 0.102. The largest absolute Gasteiger partial charge is 0.508 e. The molecule has 1 aromatic carbocycles. The van der Waals surface area contributed by atoms with Gasteiger partial charge in [0.2, 0.25) is 0 Å². The lowest BCUT2D eigenvalue weighted by molar-refractivity contribution is 0.0636. The number of ether oxygens (including phenoxy) is 1. The first-order chi connectivity index (χ1) is 11.1. The molecule has 6 heteroatoms. The summed E-state index contributed by atoms with van der Waals surface area (Å²) >= 11 is 0. The second-order valence-corrected chi connectivity index (χ2v) is 7.57. The quantitative estimate of drug-likeness (QED) is 0.679. The normalized spacial score (nSPS) is 24.5. The number of phenolic OH excluding ortho intramolecular Hbond substituents is 1. The Morgan fingerprint density at radius 3 is 2.50 bits per heavy atom. The molecule has 1 aliphatic carbocycles. The minimum atomic E-state index is -0.585. The Labute approximate surface area is 143 Å². The predicted molar refractivity (Wildman–Crippen MR) is 93.2 cm³/mol. The standard InChI is InChI=1S/C18H28N2O4/c1-17(2,3)24-16(23)20-12-4-5-14(15(22)10-12)18(11-19)8-6-13(21)7-9-18/h4-5,10,13,21-22H,6-9,11,19H2,1-3H3,(H,20,23). The van der Waals surface area contributed by atoms with Crippen molar-refractivity contribution >= 4 is 11.8 Å². The van der Waals surface area contributed by atoms with Crippen LogP contribution in [0.3, 0.4) is 0 Å². The Morgan fingerprint density at radius 2 is 2.00 bits per heavy atom. The van der Waals surface area contributed by atoms with Crippen molar-refractivity contribution in [3.8, 4) is 5.75 Å². The lowest BCUT2D eigenvalue weighted by atomic mass is 9.68. The molecule has 1 saturated carbocycles. The van der Waals surface area contributed by atoms with Gasteiger partial charge in [-0.15, -0.1) is 0 Å². The summed E-state index contributed by atoms with van der Waals surface area (Å²) < 4.78 is 5.20. The number of carbonyl (C=O) groups excluding carboxylic acids is 1. The number of aliphatic hydroxyl groups excluding tert-OH is 1. The van der Waals surface area contributed by atoms with E-state index < -0.39 is 11.7 Å². The number of carbonyl (C=O) groups is 1. The van der Waals surface area contributed by atoms with Crippen LogP contribution in [0.5, 0.6) is 5.75 Å². The predicted octanol–water partition coefficient (Wildman–Crippen LogP) is 2.87. The van der Waals surface area contributed by atoms with Gasteiger partial charge in [-0.1, -0.05) is 6.07 Å². The zero-order chi connectivity index (χ0) is 18.0. The summed E-state index contributed by atoms with van der Waals surface area (Å²) in [4.78, 5) is 11.8. The highest BCUT2D eigenvalue weighted by Gasteiger charge is 2.37. The Hall–Kier alpha value is -1.79. The van der Waals surface area contributed by atoms with E-state index in [2.05, 4.69) is 5.32 Å². The van der Waals surface area contributed by atoms with Crippen molar-refractivity contribution < 1.29 is 19.7 Å². The van der Waals surface area contributed by atoms with Crippen LogP contribution in [-0.4, -0.2) is 34.6 Å². The average Bonchev–Trinajstić information content (AvgIpc) is 2.47. The second kappa shape index (κ2) is 6.99. The van der Waals surface area contributed by atoms with Crippen LogP contribution < -0.4 is 11.1 Å². The summed E-state index contributed by atoms with van der Waals surface area (Å²) in [6.07, 6.45) is 1.96. The Bertz CT molecular complexity index is 587. The van der Waals surface area contributed by atoms with Crippen LogP contribution in [0.4, 0.5) is 10.5 Å². The van der Waals surface area contributed by atoms with Gasteiger partial charge in [0, 0.05) is 29.3 Å². The molecule has 1 aromatic rings. The highest BCUT2D eigenvalue weighted by Crippen LogP contribution is 2.43. The van der Waals surface area contributed by atoms with E-state index in [0.717, 1.165) is 18.4 Å². The molecule has 1 fully saturated rings. The molecule has 134 valence electrons. The fourth-order valence-electron chi connectivity index (χ4n) is 3.22.